The van der Waals surface area contributed by atoms with E-state index in [0.717, 1.165) is 42.1 Å². The summed E-state index contributed by atoms with van der Waals surface area (Å²) in [6.45, 7) is 11.3. The molecule has 3 aromatic rings. The molecule has 0 bridgehead atoms. The highest BCUT2D eigenvalue weighted by Crippen LogP contribution is 2.31. The molecule has 0 radical (unpaired) electrons. The number of benzene rings is 2. The Bertz CT molecular complexity index is 1480. The van der Waals surface area contributed by atoms with Crippen molar-refractivity contribution in [2.45, 2.75) is 40.5 Å². The average Bonchev–Trinajstić information content (AvgIpc) is 3.28. The molecule has 2 heterocycles. The Kier molecular flexibility index (Phi) is 10.1. The number of aromatic nitrogens is 2. The zero-order valence-electron chi connectivity index (χ0n) is 23.6. The van der Waals surface area contributed by atoms with Crippen LogP contribution in [0.2, 0.25) is 10.0 Å². The number of rotatable bonds is 12. The molecule has 0 unspecified atom stereocenters. The second kappa shape index (κ2) is 13.5. The summed E-state index contributed by atoms with van der Waals surface area (Å²) in [6.07, 6.45) is 1.54. The summed E-state index contributed by atoms with van der Waals surface area (Å²) in [6, 6.07) is 11.4. The molecule has 10 heteroatoms. The van der Waals surface area contributed by atoms with Crippen molar-refractivity contribution in [2.24, 2.45) is 10.1 Å². The molecule has 212 valence electrons. The van der Waals surface area contributed by atoms with E-state index in [9.17, 15) is 4.79 Å². The van der Waals surface area contributed by atoms with E-state index in [-0.39, 0.29) is 5.56 Å². The molecular weight excluding hydrogens is 549 g/mol. The molecule has 0 fully saturated rings. The number of hydrogen-bond acceptors (Lipinski definition) is 7. The highest BCUT2D eigenvalue weighted by atomic mass is 35.5. The molecule has 0 saturated heterocycles. The second-order valence-electron chi connectivity index (χ2n) is 9.54. The van der Waals surface area contributed by atoms with Crippen LogP contribution in [0.3, 0.4) is 0 Å². The molecule has 40 heavy (non-hydrogen) atoms. The number of likely N-dealkylation sites (N-methyl/N-ethyl adjacent to an activating group) is 1. The first-order valence-electron chi connectivity index (χ1n) is 13.5. The maximum Gasteiger partial charge on any atom is 0.277 e. The normalized spacial score (nSPS) is 13.6. The smallest absolute Gasteiger partial charge is 0.277 e. The highest BCUT2D eigenvalue weighted by molar-refractivity contribution is 6.58. The molecule has 4 rings (SSSR count). The fourth-order valence-electron chi connectivity index (χ4n) is 4.58. The van der Waals surface area contributed by atoms with Crippen molar-refractivity contribution in [1.82, 2.24) is 9.66 Å². The van der Waals surface area contributed by atoms with E-state index in [0.29, 0.717) is 64.7 Å². The maximum atomic E-state index is 13.3. The molecule has 0 aliphatic carbocycles. The van der Waals surface area contributed by atoms with Crippen LogP contribution in [0.15, 0.2) is 51.3 Å². The van der Waals surface area contributed by atoms with Crippen molar-refractivity contribution < 1.29 is 9.47 Å². The third kappa shape index (κ3) is 6.31. The molecule has 1 aliphatic heterocycles. The van der Waals surface area contributed by atoms with Crippen LogP contribution in [0, 0.1) is 13.8 Å². The van der Waals surface area contributed by atoms with E-state index in [1.807, 2.05) is 19.1 Å². The van der Waals surface area contributed by atoms with Gasteiger partial charge in [0.25, 0.3) is 5.56 Å². The van der Waals surface area contributed by atoms with Crippen LogP contribution in [0.25, 0.3) is 0 Å². The van der Waals surface area contributed by atoms with Crippen molar-refractivity contribution >= 4 is 46.0 Å². The minimum absolute atomic E-state index is 0.224. The molecule has 1 aromatic heterocycles. The first-order chi connectivity index (χ1) is 19.3. The number of ether oxygens (including phenoxy) is 2. The van der Waals surface area contributed by atoms with Crippen LogP contribution >= 0.6 is 23.2 Å². The van der Waals surface area contributed by atoms with Crippen molar-refractivity contribution in [3.05, 3.63) is 85.0 Å². The minimum atomic E-state index is -0.224. The Balaban J connectivity index is 1.77. The lowest BCUT2D eigenvalue weighted by Gasteiger charge is -2.23. The maximum absolute atomic E-state index is 13.3. The van der Waals surface area contributed by atoms with Gasteiger partial charge in [0.15, 0.2) is 5.82 Å². The van der Waals surface area contributed by atoms with Gasteiger partial charge >= 0.3 is 0 Å². The Labute approximate surface area is 245 Å². The van der Waals surface area contributed by atoms with Gasteiger partial charge in [-0.3, -0.25) is 4.79 Å². The Morgan fingerprint density at radius 3 is 2.45 bits per heavy atom. The zero-order chi connectivity index (χ0) is 28.8. The average molecular weight is 585 g/mol. The second-order valence-corrected chi connectivity index (χ2v) is 10.3. The summed E-state index contributed by atoms with van der Waals surface area (Å²) in [5, 5.41) is 5.49. The third-order valence-corrected chi connectivity index (χ3v) is 7.44. The van der Waals surface area contributed by atoms with E-state index in [2.05, 4.69) is 29.9 Å². The zero-order valence-corrected chi connectivity index (χ0v) is 25.1. The van der Waals surface area contributed by atoms with Gasteiger partial charge in [0.2, 0.25) is 0 Å². The van der Waals surface area contributed by atoms with Gasteiger partial charge in [-0.1, -0.05) is 42.6 Å². The monoisotopic (exact) mass is 583 g/mol. The van der Waals surface area contributed by atoms with E-state index in [1.54, 1.807) is 32.2 Å². The summed E-state index contributed by atoms with van der Waals surface area (Å²) in [5.41, 5.74) is 5.26. The standard InChI is InChI=1S/C30H35Cl2N5O3/c1-6-9-25-20(4)30(38)37-29(34-25)28(27(35-37)26-22(31)10-8-11-23(26)32)33-24-13-12-21(18-19(24)3)36(7-2)14-15-40-17-16-39-5/h8,10-13,18H,6-7,9,14-17H2,1-5H3. The number of aliphatic imine (C=N–C) groups is 1. The van der Waals surface area contributed by atoms with Gasteiger partial charge in [0.05, 0.1) is 41.2 Å². The van der Waals surface area contributed by atoms with E-state index < -0.39 is 0 Å². The quantitative estimate of drug-likeness (QED) is 0.244. The van der Waals surface area contributed by atoms with Gasteiger partial charge in [0, 0.05) is 37.0 Å². The summed E-state index contributed by atoms with van der Waals surface area (Å²) in [4.78, 5) is 25.5. The first kappa shape index (κ1) is 29.9. The minimum Gasteiger partial charge on any atom is -0.382 e. The molecule has 8 nitrogen and oxygen atoms in total. The number of hydrogen-bond donors (Lipinski definition) is 0. The highest BCUT2D eigenvalue weighted by Gasteiger charge is 2.31. The van der Waals surface area contributed by atoms with Crippen molar-refractivity contribution in [2.75, 3.05) is 44.9 Å². The predicted octanol–water partition coefficient (Wildman–Crippen LogP) is 6.00. The first-order valence-corrected chi connectivity index (χ1v) is 14.2. The Morgan fingerprint density at radius 1 is 1.05 bits per heavy atom. The van der Waals surface area contributed by atoms with Gasteiger partial charge in [-0.15, -0.1) is 0 Å². The predicted molar refractivity (Wildman–Crippen MR) is 164 cm³/mol. The fraction of sp³-hybridized carbons (Fsp3) is 0.400. The molecular formula is C30H35Cl2N5O3. The lowest BCUT2D eigenvalue weighted by molar-refractivity contribution is 0.0741. The molecule has 1 aliphatic rings. The number of aryl methyl sites for hydroxylation is 2. The number of halogens is 2. The number of anilines is 1. The van der Waals surface area contributed by atoms with Gasteiger partial charge in [-0.05, 0) is 63.1 Å². The molecule has 2 aromatic carbocycles. The van der Waals surface area contributed by atoms with Gasteiger partial charge in [0.1, 0.15) is 11.4 Å². The molecule has 0 saturated carbocycles. The van der Waals surface area contributed by atoms with E-state index in [1.165, 1.54) is 4.68 Å². The Hall–Kier alpha value is -3.04. The van der Waals surface area contributed by atoms with Crippen LogP contribution in [0.5, 0.6) is 0 Å². The third-order valence-electron chi connectivity index (χ3n) is 6.81. The van der Waals surface area contributed by atoms with Crippen LogP contribution in [-0.2, 0) is 15.9 Å². The molecule has 0 amide bonds. The lowest BCUT2D eigenvalue weighted by Crippen LogP contribution is -2.27. The SMILES string of the molecule is CCCc1nc2n(c(=O)c1C)N=C(c1c(Cl)cccc1Cl)C2=Nc1ccc(N(CC)CCOCCOC)cc1C. The largest absolute Gasteiger partial charge is 0.382 e. The number of methoxy groups -OCH3 is 1. The summed E-state index contributed by atoms with van der Waals surface area (Å²) >= 11 is 13.2. The van der Waals surface area contributed by atoms with Gasteiger partial charge < -0.3 is 14.4 Å². The van der Waals surface area contributed by atoms with Crippen LogP contribution in [-0.4, -0.2) is 61.1 Å². The summed E-state index contributed by atoms with van der Waals surface area (Å²) < 4.78 is 12.0. The Morgan fingerprint density at radius 2 is 1.80 bits per heavy atom. The number of nitrogens with zero attached hydrogens (tertiary/aromatic N) is 5. The van der Waals surface area contributed by atoms with Crippen LogP contribution in [0.1, 0.15) is 48.5 Å². The molecule has 0 atom stereocenters. The van der Waals surface area contributed by atoms with Crippen LogP contribution < -0.4 is 10.5 Å². The topological polar surface area (TPSA) is 81.3 Å². The number of fused-ring (bicyclic) bond motifs is 1. The lowest BCUT2D eigenvalue weighted by atomic mass is 10.0. The summed E-state index contributed by atoms with van der Waals surface area (Å²) in [5.74, 6) is 0.386. The van der Waals surface area contributed by atoms with Gasteiger partial charge in [-0.2, -0.15) is 9.78 Å². The molecule has 0 N–H and O–H groups in total. The van der Waals surface area contributed by atoms with Gasteiger partial charge in [-0.25, -0.2) is 9.98 Å². The molecule has 0 spiro atoms. The van der Waals surface area contributed by atoms with Crippen molar-refractivity contribution in [3.63, 3.8) is 0 Å². The van der Waals surface area contributed by atoms with Crippen LogP contribution in [0.4, 0.5) is 11.4 Å². The fourth-order valence-corrected chi connectivity index (χ4v) is 5.16. The van der Waals surface area contributed by atoms with Crippen molar-refractivity contribution in [3.8, 4) is 0 Å². The van der Waals surface area contributed by atoms with E-state index in [4.69, 9.17) is 42.7 Å². The van der Waals surface area contributed by atoms with Crippen molar-refractivity contribution in [1.29, 1.82) is 0 Å². The van der Waals surface area contributed by atoms with E-state index >= 15 is 0 Å². The summed E-state index contributed by atoms with van der Waals surface area (Å²) in [7, 11) is 1.66.